The highest BCUT2D eigenvalue weighted by Crippen LogP contribution is 2.42. The Hall–Kier alpha value is -3.30. The number of piperazine rings is 1. The van der Waals surface area contributed by atoms with Gasteiger partial charge in [-0.05, 0) is 43.8 Å². The van der Waals surface area contributed by atoms with Crippen LogP contribution in [0.3, 0.4) is 0 Å². The number of nitrogens with zero attached hydrogens (tertiary/aromatic N) is 4. The topological polar surface area (TPSA) is 83.9 Å². The second kappa shape index (κ2) is 18.7. The van der Waals surface area contributed by atoms with E-state index in [0.717, 1.165) is 56.8 Å². The molecule has 9 nitrogen and oxygen atoms in total. The maximum atomic E-state index is 13.7. The third kappa shape index (κ3) is 10.6. The molecule has 1 amide bonds. The van der Waals surface area contributed by atoms with Gasteiger partial charge in [-0.25, -0.2) is 19.5 Å². The minimum absolute atomic E-state index is 0.275. The molecule has 0 bridgehead atoms. The Bertz CT molecular complexity index is 1300. The van der Waals surface area contributed by atoms with Gasteiger partial charge in [-0.2, -0.15) is 0 Å². The summed E-state index contributed by atoms with van der Waals surface area (Å²) in [6.45, 7) is 7.43. The third-order valence-corrected chi connectivity index (χ3v) is 8.76. The summed E-state index contributed by atoms with van der Waals surface area (Å²) in [7, 11) is 2.10. The molecular formula is C36H51ClN4O5. The maximum absolute atomic E-state index is 13.7. The van der Waals surface area contributed by atoms with Crippen molar-refractivity contribution in [3.8, 4) is 0 Å². The Morgan fingerprint density at radius 1 is 0.826 bits per heavy atom. The molecule has 46 heavy (non-hydrogen) atoms. The smallest absolute Gasteiger partial charge is 0.434 e. The van der Waals surface area contributed by atoms with Crippen molar-refractivity contribution in [3.05, 3.63) is 53.1 Å². The third-order valence-electron chi connectivity index (χ3n) is 8.52. The largest absolute Gasteiger partial charge is 0.511 e. The number of halogens is 1. The first kappa shape index (κ1) is 35.6. The van der Waals surface area contributed by atoms with Crippen LogP contribution in [-0.2, 0) is 14.2 Å². The number of hydrogen-bond acceptors (Lipinski definition) is 8. The molecule has 2 aliphatic rings. The van der Waals surface area contributed by atoms with Gasteiger partial charge in [-0.15, -0.1) is 0 Å². The molecule has 0 saturated carbocycles. The zero-order valence-electron chi connectivity index (χ0n) is 27.8. The Morgan fingerprint density at radius 2 is 1.46 bits per heavy atom. The van der Waals surface area contributed by atoms with E-state index in [2.05, 4.69) is 23.8 Å². The lowest BCUT2D eigenvalue weighted by atomic mass is 10.1. The molecule has 1 unspecified atom stereocenters. The Morgan fingerprint density at radius 3 is 2.13 bits per heavy atom. The lowest BCUT2D eigenvalue weighted by molar-refractivity contribution is -0.0724. The number of benzene rings is 2. The molecular weight excluding hydrogens is 604 g/mol. The molecule has 0 radical (unpaired) electrons. The summed E-state index contributed by atoms with van der Waals surface area (Å²) in [6.07, 6.45) is 12.0. The number of unbranched alkanes of at least 4 members (excludes halogenated alkanes) is 11. The molecule has 2 aromatic carbocycles. The highest BCUT2D eigenvalue weighted by molar-refractivity contribution is 6.31. The number of ether oxygens (including phenoxy) is 3. The van der Waals surface area contributed by atoms with Crippen LogP contribution in [0.1, 0.15) is 96.5 Å². The molecule has 1 atom stereocenters. The summed E-state index contributed by atoms with van der Waals surface area (Å²) >= 11 is 6.38. The Kier molecular flexibility index (Phi) is 14.5. The van der Waals surface area contributed by atoms with Gasteiger partial charge in [0.2, 0.25) is 6.29 Å². The van der Waals surface area contributed by atoms with Crippen LogP contribution in [0.15, 0.2) is 47.5 Å². The quantitative estimate of drug-likeness (QED) is 0.107. The number of likely N-dealkylation sites (N-methyl/N-ethyl adjacent to an activating group) is 1. The molecule has 4 rings (SSSR count). The van der Waals surface area contributed by atoms with Crippen LogP contribution in [0.25, 0.3) is 0 Å². The van der Waals surface area contributed by atoms with Crippen molar-refractivity contribution in [3.63, 3.8) is 0 Å². The number of amidine groups is 1. The highest BCUT2D eigenvalue weighted by atomic mass is 35.5. The Labute approximate surface area is 279 Å². The fourth-order valence-electron chi connectivity index (χ4n) is 5.88. The Balaban J connectivity index is 1.27. The number of fused-ring (bicyclic) bond motifs is 2. The second-order valence-corrected chi connectivity index (χ2v) is 12.7. The normalized spacial score (nSPS) is 15.3. The number of para-hydroxylation sites is 1. The van der Waals surface area contributed by atoms with Crippen LogP contribution in [0.4, 0.5) is 26.7 Å². The predicted molar refractivity (Wildman–Crippen MR) is 185 cm³/mol. The van der Waals surface area contributed by atoms with Gasteiger partial charge >= 0.3 is 12.2 Å². The number of rotatable bonds is 15. The lowest BCUT2D eigenvalue weighted by Crippen LogP contribution is -2.47. The van der Waals surface area contributed by atoms with Gasteiger partial charge in [-0.1, -0.05) is 101 Å². The average molecular weight is 655 g/mol. The summed E-state index contributed by atoms with van der Waals surface area (Å²) in [4.78, 5) is 37.1. The molecule has 2 heterocycles. The number of carbonyl (C=O) groups is 2. The first-order valence-corrected chi connectivity index (χ1v) is 17.5. The van der Waals surface area contributed by atoms with Gasteiger partial charge in [0.1, 0.15) is 5.84 Å². The number of carbonyl (C=O) groups excluding carboxylic acids is 2. The van der Waals surface area contributed by atoms with E-state index in [-0.39, 0.29) is 6.61 Å². The standard InChI is InChI=1S/C36H51ClN4O5/c1-4-5-6-7-8-9-10-11-12-13-14-17-26-44-36(43)46-28(2)45-35(42)41-32-19-16-15-18-30(32)34(40-24-22-39(3)23-25-40)38-31-27-29(37)20-21-33(31)41/h15-16,18-21,27-28H,4-14,17,22-26H2,1-3H3. The molecule has 1 fully saturated rings. The zero-order valence-corrected chi connectivity index (χ0v) is 28.6. The molecule has 2 aliphatic heterocycles. The van der Waals surface area contributed by atoms with E-state index in [1.165, 1.54) is 69.6 Å². The van der Waals surface area contributed by atoms with Crippen molar-refractivity contribution in [1.82, 2.24) is 9.80 Å². The summed E-state index contributed by atoms with van der Waals surface area (Å²) in [5.41, 5.74) is 2.48. The minimum Gasteiger partial charge on any atom is -0.434 e. The van der Waals surface area contributed by atoms with E-state index in [1.807, 2.05) is 24.3 Å². The molecule has 0 aliphatic carbocycles. The van der Waals surface area contributed by atoms with Gasteiger partial charge in [0.25, 0.3) is 0 Å². The van der Waals surface area contributed by atoms with Crippen molar-refractivity contribution in [2.45, 2.75) is 97.2 Å². The van der Waals surface area contributed by atoms with E-state index in [9.17, 15) is 9.59 Å². The van der Waals surface area contributed by atoms with E-state index >= 15 is 0 Å². The van der Waals surface area contributed by atoms with Crippen molar-refractivity contribution < 1.29 is 23.8 Å². The summed E-state index contributed by atoms with van der Waals surface area (Å²) in [6, 6.07) is 12.8. The van der Waals surface area contributed by atoms with E-state index < -0.39 is 18.5 Å². The fraction of sp³-hybridized carbons (Fsp3) is 0.583. The van der Waals surface area contributed by atoms with Gasteiger partial charge in [0, 0.05) is 43.7 Å². The molecule has 10 heteroatoms. The average Bonchev–Trinajstić information content (AvgIpc) is 3.18. The molecule has 0 N–H and O–H groups in total. The molecule has 0 aromatic heterocycles. The molecule has 252 valence electrons. The summed E-state index contributed by atoms with van der Waals surface area (Å²) < 4.78 is 16.2. The first-order valence-electron chi connectivity index (χ1n) is 17.1. The second-order valence-electron chi connectivity index (χ2n) is 12.3. The molecule has 1 saturated heterocycles. The van der Waals surface area contributed by atoms with Gasteiger partial charge in [0.15, 0.2) is 0 Å². The first-order chi connectivity index (χ1) is 22.4. The van der Waals surface area contributed by atoms with E-state index in [4.69, 9.17) is 30.8 Å². The van der Waals surface area contributed by atoms with Crippen LogP contribution in [0, 0.1) is 0 Å². The lowest BCUT2D eigenvalue weighted by Gasteiger charge is -2.35. The highest BCUT2D eigenvalue weighted by Gasteiger charge is 2.32. The van der Waals surface area contributed by atoms with Gasteiger partial charge in [-0.3, -0.25) is 0 Å². The predicted octanol–water partition coefficient (Wildman–Crippen LogP) is 9.45. The zero-order chi connectivity index (χ0) is 32.7. The molecule has 0 spiro atoms. The van der Waals surface area contributed by atoms with Crippen molar-refractivity contribution >= 4 is 46.7 Å². The summed E-state index contributed by atoms with van der Waals surface area (Å²) in [5, 5.41) is 0.507. The van der Waals surface area contributed by atoms with E-state index in [0.29, 0.717) is 22.1 Å². The van der Waals surface area contributed by atoms with Crippen LogP contribution in [0.2, 0.25) is 5.02 Å². The SMILES string of the molecule is CCCCCCCCCCCCCCOC(=O)OC(C)OC(=O)N1c2ccc(Cl)cc2N=C(N2CCN(C)CC2)c2ccccc21. The summed E-state index contributed by atoms with van der Waals surface area (Å²) in [5.74, 6) is 0.771. The number of hydrogen-bond donors (Lipinski definition) is 0. The van der Waals surface area contributed by atoms with Crippen molar-refractivity contribution in [2.75, 3.05) is 44.7 Å². The number of amides is 1. The van der Waals surface area contributed by atoms with Crippen LogP contribution >= 0.6 is 11.6 Å². The molecule has 2 aromatic rings. The number of anilines is 2. The minimum atomic E-state index is -1.16. The van der Waals surface area contributed by atoms with Crippen LogP contribution in [-0.4, -0.2) is 74.0 Å². The van der Waals surface area contributed by atoms with Gasteiger partial charge in [0.05, 0.1) is 23.7 Å². The fourth-order valence-corrected chi connectivity index (χ4v) is 6.05. The van der Waals surface area contributed by atoms with Crippen molar-refractivity contribution in [1.29, 1.82) is 0 Å². The van der Waals surface area contributed by atoms with E-state index in [1.54, 1.807) is 18.2 Å². The van der Waals surface area contributed by atoms with Crippen molar-refractivity contribution in [2.24, 2.45) is 4.99 Å². The maximum Gasteiger partial charge on any atom is 0.511 e. The van der Waals surface area contributed by atoms with Crippen LogP contribution in [0.5, 0.6) is 0 Å². The number of aliphatic imine (C=N–C) groups is 1. The monoisotopic (exact) mass is 654 g/mol. The van der Waals surface area contributed by atoms with Crippen LogP contribution < -0.4 is 4.90 Å². The van der Waals surface area contributed by atoms with Gasteiger partial charge < -0.3 is 24.0 Å².